The lowest BCUT2D eigenvalue weighted by molar-refractivity contribution is -0.384. The van der Waals surface area contributed by atoms with E-state index in [1.54, 1.807) is 18.2 Å². The summed E-state index contributed by atoms with van der Waals surface area (Å²) in [5.41, 5.74) is 3.84. The number of nitro benzene ring substituents is 1. The molecule has 1 saturated heterocycles. The first-order valence-corrected chi connectivity index (χ1v) is 8.35. The fraction of sp³-hybridized carbons (Fsp3) is 0.111. The standard InChI is InChI=1S/C18H15N3O3S/c1-11-3-6-14(9-12(11)2)19-18-20-17(22)16(25-18)10-13-4-7-15(8-5-13)21(23)24/h3-10H,1-2H3,(H,19,20,22). The van der Waals surface area contributed by atoms with Gasteiger partial charge in [-0.05, 0) is 72.6 Å². The van der Waals surface area contributed by atoms with Crippen molar-refractivity contribution in [2.45, 2.75) is 13.8 Å². The number of amidine groups is 1. The molecule has 2 aromatic rings. The number of thioether (sulfide) groups is 1. The first-order chi connectivity index (χ1) is 11.9. The van der Waals surface area contributed by atoms with Crippen LogP contribution in [0.4, 0.5) is 11.4 Å². The topological polar surface area (TPSA) is 84.6 Å². The Hall–Kier alpha value is -2.93. The number of carbonyl (C=O) groups excluding carboxylic acids is 1. The molecule has 126 valence electrons. The number of hydrogen-bond donors (Lipinski definition) is 1. The smallest absolute Gasteiger partial charge is 0.269 e. The Bertz CT molecular complexity index is 918. The molecule has 0 aromatic heterocycles. The van der Waals surface area contributed by atoms with Crippen LogP contribution in [-0.2, 0) is 4.79 Å². The highest BCUT2D eigenvalue weighted by atomic mass is 32.2. The van der Waals surface area contributed by atoms with E-state index in [0.29, 0.717) is 10.1 Å². The Morgan fingerprint density at radius 2 is 1.84 bits per heavy atom. The van der Waals surface area contributed by atoms with Crippen molar-refractivity contribution in [1.82, 2.24) is 5.32 Å². The quantitative estimate of drug-likeness (QED) is 0.511. The van der Waals surface area contributed by atoms with Gasteiger partial charge in [0.15, 0.2) is 5.17 Å². The van der Waals surface area contributed by atoms with Crippen LogP contribution in [-0.4, -0.2) is 16.0 Å². The minimum Gasteiger partial charge on any atom is -0.300 e. The molecule has 1 heterocycles. The molecule has 0 unspecified atom stereocenters. The number of benzene rings is 2. The van der Waals surface area contributed by atoms with Gasteiger partial charge in [0.1, 0.15) is 0 Å². The molecule has 1 aliphatic rings. The average Bonchev–Trinajstić information content (AvgIpc) is 2.91. The maximum atomic E-state index is 12.1. The molecule has 0 aliphatic carbocycles. The van der Waals surface area contributed by atoms with E-state index in [2.05, 4.69) is 10.3 Å². The van der Waals surface area contributed by atoms with Gasteiger partial charge in [-0.3, -0.25) is 14.9 Å². The molecule has 0 bridgehead atoms. The summed E-state index contributed by atoms with van der Waals surface area (Å²) in [4.78, 5) is 27.3. The van der Waals surface area contributed by atoms with Crippen LogP contribution in [0.5, 0.6) is 0 Å². The van der Waals surface area contributed by atoms with Crippen molar-refractivity contribution in [3.05, 3.63) is 74.2 Å². The van der Waals surface area contributed by atoms with Crippen LogP contribution in [0, 0.1) is 24.0 Å². The molecule has 1 fully saturated rings. The summed E-state index contributed by atoms with van der Waals surface area (Å²) in [6, 6.07) is 11.9. The second kappa shape index (κ2) is 6.90. The van der Waals surface area contributed by atoms with Gasteiger partial charge in [-0.1, -0.05) is 6.07 Å². The van der Waals surface area contributed by atoms with Gasteiger partial charge in [0.2, 0.25) is 0 Å². The van der Waals surface area contributed by atoms with E-state index >= 15 is 0 Å². The molecule has 0 saturated carbocycles. The van der Waals surface area contributed by atoms with Crippen molar-refractivity contribution in [1.29, 1.82) is 0 Å². The molecule has 1 aliphatic heterocycles. The van der Waals surface area contributed by atoms with Gasteiger partial charge >= 0.3 is 0 Å². The molecular weight excluding hydrogens is 338 g/mol. The maximum Gasteiger partial charge on any atom is 0.269 e. The Morgan fingerprint density at radius 3 is 2.48 bits per heavy atom. The highest BCUT2D eigenvalue weighted by molar-refractivity contribution is 8.18. The number of rotatable bonds is 3. The van der Waals surface area contributed by atoms with Crippen molar-refractivity contribution in [3.63, 3.8) is 0 Å². The van der Waals surface area contributed by atoms with E-state index in [0.717, 1.165) is 16.8 Å². The van der Waals surface area contributed by atoms with Crippen LogP contribution in [0.2, 0.25) is 0 Å². The molecule has 0 spiro atoms. The van der Waals surface area contributed by atoms with E-state index in [1.807, 2.05) is 32.0 Å². The third kappa shape index (κ3) is 3.95. The average molecular weight is 353 g/mol. The van der Waals surface area contributed by atoms with Gasteiger partial charge in [-0.2, -0.15) is 0 Å². The predicted molar refractivity (Wildman–Crippen MR) is 99.8 cm³/mol. The number of non-ortho nitro benzene ring substituents is 1. The van der Waals surface area contributed by atoms with Gasteiger partial charge in [-0.15, -0.1) is 0 Å². The van der Waals surface area contributed by atoms with Crippen LogP contribution >= 0.6 is 11.8 Å². The molecule has 1 amide bonds. The molecule has 0 atom stereocenters. The Kier molecular flexibility index (Phi) is 4.67. The second-order valence-corrected chi connectivity index (χ2v) is 6.63. The molecule has 25 heavy (non-hydrogen) atoms. The van der Waals surface area contributed by atoms with Crippen LogP contribution in [0.3, 0.4) is 0 Å². The van der Waals surface area contributed by atoms with Crippen molar-refractivity contribution < 1.29 is 9.72 Å². The van der Waals surface area contributed by atoms with Crippen LogP contribution in [0.1, 0.15) is 16.7 Å². The van der Waals surface area contributed by atoms with Gasteiger partial charge in [0, 0.05) is 12.1 Å². The molecular formula is C18H15N3O3S. The SMILES string of the molecule is Cc1ccc(N=C2NC(=O)C(=Cc3ccc([N+](=O)[O-])cc3)S2)cc1C. The summed E-state index contributed by atoms with van der Waals surface area (Å²) in [5, 5.41) is 13.9. The summed E-state index contributed by atoms with van der Waals surface area (Å²) >= 11 is 1.25. The van der Waals surface area contributed by atoms with E-state index < -0.39 is 4.92 Å². The fourth-order valence-corrected chi connectivity index (χ4v) is 3.08. The first-order valence-electron chi connectivity index (χ1n) is 7.54. The zero-order valence-electron chi connectivity index (χ0n) is 13.6. The number of nitrogens with one attached hydrogen (secondary N) is 1. The molecule has 1 N–H and O–H groups in total. The monoisotopic (exact) mass is 353 g/mol. The summed E-state index contributed by atoms with van der Waals surface area (Å²) < 4.78 is 0. The largest absolute Gasteiger partial charge is 0.300 e. The highest BCUT2D eigenvalue weighted by Gasteiger charge is 2.23. The second-order valence-electron chi connectivity index (χ2n) is 5.60. The number of carbonyl (C=O) groups is 1. The summed E-state index contributed by atoms with van der Waals surface area (Å²) in [6.07, 6.45) is 1.69. The lowest BCUT2D eigenvalue weighted by atomic mass is 10.1. The lowest BCUT2D eigenvalue weighted by Crippen LogP contribution is -2.19. The van der Waals surface area contributed by atoms with Crippen molar-refractivity contribution in [2.75, 3.05) is 0 Å². The predicted octanol–water partition coefficient (Wildman–Crippen LogP) is 4.10. The van der Waals surface area contributed by atoms with Gasteiger partial charge < -0.3 is 5.32 Å². The molecule has 0 radical (unpaired) electrons. The number of aryl methyl sites for hydroxylation is 2. The van der Waals surface area contributed by atoms with Crippen molar-refractivity contribution >= 4 is 40.3 Å². The number of hydrogen-bond acceptors (Lipinski definition) is 5. The minimum atomic E-state index is -0.456. The third-order valence-corrected chi connectivity index (χ3v) is 4.68. The van der Waals surface area contributed by atoms with Crippen LogP contribution in [0.25, 0.3) is 6.08 Å². The molecule has 3 rings (SSSR count). The lowest BCUT2D eigenvalue weighted by Gasteiger charge is -2.01. The van der Waals surface area contributed by atoms with E-state index in [4.69, 9.17) is 0 Å². The van der Waals surface area contributed by atoms with Crippen molar-refractivity contribution in [3.8, 4) is 0 Å². The highest BCUT2D eigenvalue weighted by Crippen LogP contribution is 2.29. The summed E-state index contributed by atoms with van der Waals surface area (Å²) in [5.74, 6) is -0.231. The normalized spacial score (nSPS) is 17.1. The summed E-state index contributed by atoms with van der Waals surface area (Å²) in [7, 11) is 0. The number of nitro groups is 1. The number of aliphatic imine (C=N–C) groups is 1. The van der Waals surface area contributed by atoms with Crippen LogP contribution < -0.4 is 5.32 Å². The number of amides is 1. The zero-order chi connectivity index (χ0) is 18.0. The molecule has 2 aromatic carbocycles. The molecule has 6 nitrogen and oxygen atoms in total. The molecule has 7 heteroatoms. The van der Waals surface area contributed by atoms with E-state index in [9.17, 15) is 14.9 Å². The first kappa shape index (κ1) is 16.9. The van der Waals surface area contributed by atoms with Gasteiger partial charge in [-0.25, -0.2) is 4.99 Å². The Labute approximate surface area is 148 Å². The minimum absolute atomic E-state index is 0.0164. The Balaban J connectivity index is 1.80. The third-order valence-electron chi connectivity index (χ3n) is 3.77. The summed E-state index contributed by atoms with van der Waals surface area (Å²) in [6.45, 7) is 4.04. The Morgan fingerprint density at radius 1 is 1.12 bits per heavy atom. The van der Waals surface area contributed by atoms with Crippen molar-refractivity contribution in [2.24, 2.45) is 4.99 Å². The number of nitrogens with zero attached hydrogens (tertiary/aromatic N) is 2. The van der Waals surface area contributed by atoms with Gasteiger partial charge in [0.05, 0.1) is 15.5 Å². The van der Waals surface area contributed by atoms with Crippen LogP contribution in [0.15, 0.2) is 52.4 Å². The van der Waals surface area contributed by atoms with E-state index in [-0.39, 0.29) is 11.6 Å². The van der Waals surface area contributed by atoms with E-state index in [1.165, 1.54) is 29.5 Å². The van der Waals surface area contributed by atoms with Gasteiger partial charge in [0.25, 0.3) is 11.6 Å². The fourth-order valence-electron chi connectivity index (χ4n) is 2.24. The zero-order valence-corrected chi connectivity index (χ0v) is 14.5. The maximum absolute atomic E-state index is 12.1.